The number of halogens is 3. The van der Waals surface area contributed by atoms with Crippen molar-refractivity contribution in [3.05, 3.63) is 29.5 Å². The van der Waals surface area contributed by atoms with Crippen molar-refractivity contribution in [3.63, 3.8) is 0 Å². The van der Waals surface area contributed by atoms with E-state index in [4.69, 9.17) is 19.5 Å². The molecular weight excluding hydrogens is 512 g/mol. The summed E-state index contributed by atoms with van der Waals surface area (Å²) in [5, 5.41) is 7.85. The van der Waals surface area contributed by atoms with Crippen molar-refractivity contribution in [2.45, 2.75) is 52.5 Å². The topological polar surface area (TPSA) is 162 Å². The number of carbonyl (C=O) groups excluding carboxylic acids is 2. The lowest BCUT2D eigenvalue weighted by atomic mass is 10.2. The molecule has 0 saturated heterocycles. The minimum absolute atomic E-state index is 0.0263. The number of aromatic nitrogens is 5. The summed E-state index contributed by atoms with van der Waals surface area (Å²) in [5.41, 5.74) is 4.93. The minimum Gasteiger partial charge on any atom is -0.465 e. The molecule has 36 heavy (non-hydrogen) atoms. The van der Waals surface area contributed by atoms with Gasteiger partial charge in [-0.2, -0.15) is 13.2 Å². The van der Waals surface area contributed by atoms with Gasteiger partial charge in [-0.1, -0.05) is 5.21 Å². The second-order valence-electron chi connectivity index (χ2n) is 7.16. The fourth-order valence-electron chi connectivity index (χ4n) is 2.97. The Kier molecular flexibility index (Phi) is 9.90. The van der Waals surface area contributed by atoms with Crippen molar-refractivity contribution in [2.24, 2.45) is 0 Å². The Bertz CT molecular complexity index is 1120. The maximum absolute atomic E-state index is 13.3. The number of esters is 1. The average molecular weight is 539 g/mol. The van der Waals surface area contributed by atoms with Crippen molar-refractivity contribution in [2.75, 3.05) is 25.6 Å². The van der Waals surface area contributed by atoms with Gasteiger partial charge >= 0.3 is 31.5 Å². The third-order valence-corrected chi connectivity index (χ3v) is 6.89. The highest BCUT2D eigenvalue weighted by atomic mass is 31.2. The van der Waals surface area contributed by atoms with Gasteiger partial charge in [-0.15, -0.1) is 5.10 Å². The van der Waals surface area contributed by atoms with Gasteiger partial charge < -0.3 is 19.5 Å². The van der Waals surface area contributed by atoms with Crippen LogP contribution in [0.1, 0.15) is 37.9 Å². The molecule has 2 heterocycles. The number of alkyl halides is 3. The first-order chi connectivity index (χ1) is 16.8. The summed E-state index contributed by atoms with van der Waals surface area (Å²) < 4.78 is 68.4. The Morgan fingerprint density at radius 2 is 1.83 bits per heavy atom. The highest BCUT2D eigenvalue weighted by molar-refractivity contribution is 7.55. The Labute approximate surface area is 204 Å². The molecule has 0 fully saturated rings. The number of nitrogens with two attached hydrogens (primary N) is 1. The van der Waals surface area contributed by atoms with Crippen molar-refractivity contribution in [1.82, 2.24) is 20.0 Å². The molecule has 2 N–H and O–H groups in total. The van der Waals surface area contributed by atoms with Crippen molar-refractivity contribution in [1.29, 1.82) is 0 Å². The number of hydrogen-bond donors (Lipinski definition) is 1. The maximum Gasteiger partial charge on any atom is 0.495 e. The summed E-state index contributed by atoms with van der Waals surface area (Å²) in [7, 11) is -3.91. The van der Waals surface area contributed by atoms with Crippen LogP contribution in [0.3, 0.4) is 0 Å². The van der Waals surface area contributed by atoms with Gasteiger partial charge in [0.05, 0.1) is 37.6 Å². The molecule has 2 aromatic heterocycles. The van der Waals surface area contributed by atoms with E-state index >= 15 is 0 Å². The standard InChI is InChI=1S/C19H26F3N6O7P/c1-5-32-17(29)15(36(31,33-6-2)34-7-3)8-14-11-27(26-25-14)9-13-10-28(12(4)24-16(13)23)35-18(30)19(20,21)22/h10-11,15,23H,5-9H2,1-4H3/p+1. The van der Waals surface area contributed by atoms with Crippen LogP contribution in [0.4, 0.5) is 19.0 Å². The zero-order chi connectivity index (χ0) is 27.1. The number of rotatable bonds is 12. The molecule has 17 heteroatoms. The van der Waals surface area contributed by atoms with Crippen LogP contribution >= 0.6 is 7.60 Å². The van der Waals surface area contributed by atoms with Crippen LogP contribution in [0.25, 0.3) is 0 Å². The number of hydrogen-bond acceptors (Lipinski definition) is 11. The normalized spacial score (nSPS) is 12.9. The highest BCUT2D eigenvalue weighted by Gasteiger charge is 2.44. The molecule has 0 aliphatic heterocycles. The SMILES string of the molecule is CCOC(=O)C(Cc1cn(Cc2c[n+](OC(=O)C(F)(F)F)c(C)nc2N)nn1)P(=O)(OCC)OCC. The molecule has 0 aliphatic rings. The van der Waals surface area contributed by atoms with Crippen LogP contribution in [0.2, 0.25) is 0 Å². The van der Waals surface area contributed by atoms with Crippen molar-refractivity contribution in [3.8, 4) is 0 Å². The quantitative estimate of drug-likeness (QED) is 0.234. The van der Waals surface area contributed by atoms with E-state index in [0.717, 1.165) is 6.20 Å². The Balaban J connectivity index is 2.29. The Hall–Kier alpha value is -3.10. The van der Waals surface area contributed by atoms with Gasteiger partial charge in [-0.25, -0.2) is 14.3 Å². The third-order valence-electron chi connectivity index (χ3n) is 4.50. The lowest BCUT2D eigenvalue weighted by Crippen LogP contribution is -2.53. The Morgan fingerprint density at radius 1 is 1.19 bits per heavy atom. The predicted molar refractivity (Wildman–Crippen MR) is 115 cm³/mol. The van der Waals surface area contributed by atoms with Crippen LogP contribution in [-0.4, -0.2) is 63.6 Å². The zero-order valence-electron chi connectivity index (χ0n) is 20.0. The number of ether oxygens (including phenoxy) is 1. The summed E-state index contributed by atoms with van der Waals surface area (Å²) >= 11 is 0. The van der Waals surface area contributed by atoms with Crippen molar-refractivity contribution < 1.29 is 50.7 Å². The number of nitrogens with zero attached hydrogens (tertiary/aromatic N) is 5. The first-order valence-electron chi connectivity index (χ1n) is 10.8. The molecule has 1 atom stereocenters. The fraction of sp³-hybridized carbons (Fsp3) is 0.579. The molecular formula is C19H27F3N6O7P+. The molecule has 0 bridgehead atoms. The number of anilines is 1. The summed E-state index contributed by atoms with van der Waals surface area (Å²) in [5.74, 6) is -3.38. The number of nitrogen functional groups attached to an aromatic ring is 1. The van der Waals surface area contributed by atoms with E-state index < -0.39 is 31.4 Å². The maximum atomic E-state index is 13.3. The van der Waals surface area contributed by atoms with Gasteiger partial charge in [0.25, 0.3) is 0 Å². The Morgan fingerprint density at radius 3 is 2.39 bits per heavy atom. The monoisotopic (exact) mass is 539 g/mol. The van der Waals surface area contributed by atoms with E-state index in [1.165, 1.54) is 17.8 Å². The van der Waals surface area contributed by atoms with E-state index in [1.807, 2.05) is 0 Å². The molecule has 0 saturated carbocycles. The average Bonchev–Trinajstić information content (AvgIpc) is 3.22. The van der Waals surface area contributed by atoms with E-state index in [1.54, 1.807) is 20.8 Å². The lowest BCUT2D eigenvalue weighted by molar-refractivity contribution is -0.877. The highest BCUT2D eigenvalue weighted by Crippen LogP contribution is 2.54. The summed E-state index contributed by atoms with van der Waals surface area (Å²) in [6.07, 6.45) is -2.94. The van der Waals surface area contributed by atoms with Crippen LogP contribution in [0.5, 0.6) is 0 Å². The fourth-order valence-corrected chi connectivity index (χ4v) is 4.87. The van der Waals surface area contributed by atoms with Gasteiger partial charge in [0, 0.05) is 19.5 Å². The van der Waals surface area contributed by atoms with Gasteiger partial charge in [0.2, 0.25) is 5.82 Å². The first-order valence-corrected chi connectivity index (χ1v) is 12.4. The summed E-state index contributed by atoms with van der Waals surface area (Å²) in [6.45, 7) is 6.05. The second-order valence-corrected chi connectivity index (χ2v) is 9.38. The van der Waals surface area contributed by atoms with E-state index in [-0.39, 0.29) is 55.7 Å². The minimum atomic E-state index is -5.21. The van der Waals surface area contributed by atoms with E-state index in [0.29, 0.717) is 4.73 Å². The molecule has 0 aliphatic carbocycles. The molecule has 0 radical (unpaired) electrons. The van der Waals surface area contributed by atoms with Gasteiger partial charge in [-0.3, -0.25) is 9.36 Å². The van der Waals surface area contributed by atoms with Gasteiger partial charge in [0.1, 0.15) is 6.20 Å². The molecule has 2 aromatic rings. The van der Waals surface area contributed by atoms with E-state index in [2.05, 4.69) is 20.1 Å². The zero-order valence-corrected chi connectivity index (χ0v) is 20.9. The van der Waals surface area contributed by atoms with Crippen LogP contribution in [0.15, 0.2) is 12.4 Å². The largest absolute Gasteiger partial charge is 0.495 e. The van der Waals surface area contributed by atoms with Crippen LogP contribution < -0.4 is 15.3 Å². The third kappa shape index (κ3) is 7.45. The smallest absolute Gasteiger partial charge is 0.465 e. The van der Waals surface area contributed by atoms with Crippen molar-refractivity contribution >= 4 is 25.4 Å². The molecule has 13 nitrogen and oxygen atoms in total. The van der Waals surface area contributed by atoms with Gasteiger partial charge in [0.15, 0.2) is 5.66 Å². The van der Waals surface area contributed by atoms with Gasteiger partial charge in [-0.05, 0) is 30.5 Å². The first kappa shape index (κ1) is 29.1. The van der Waals surface area contributed by atoms with Crippen LogP contribution in [-0.2, 0) is 40.9 Å². The predicted octanol–water partition coefficient (Wildman–Crippen LogP) is 1.16. The molecule has 1 unspecified atom stereocenters. The summed E-state index contributed by atoms with van der Waals surface area (Å²) in [6, 6.07) is 0. The number of aryl methyl sites for hydroxylation is 1. The van der Waals surface area contributed by atoms with E-state index in [9.17, 15) is 27.3 Å². The lowest BCUT2D eigenvalue weighted by Gasteiger charge is -2.24. The second kappa shape index (κ2) is 12.2. The molecule has 200 valence electrons. The molecule has 0 spiro atoms. The van der Waals surface area contributed by atoms with Crippen LogP contribution in [0, 0.1) is 6.92 Å². The summed E-state index contributed by atoms with van der Waals surface area (Å²) in [4.78, 5) is 31.9. The molecule has 0 aromatic carbocycles. The number of carbonyl (C=O) groups is 2. The molecule has 0 amide bonds. The molecule has 2 rings (SSSR count).